The van der Waals surface area contributed by atoms with E-state index < -0.39 is 0 Å². The molecule has 1 fully saturated rings. The highest BCUT2D eigenvalue weighted by molar-refractivity contribution is 6.36. The van der Waals surface area contributed by atoms with Gasteiger partial charge in [-0.3, -0.25) is 9.58 Å². The minimum absolute atomic E-state index is 0.127. The Kier molecular flexibility index (Phi) is 6.38. The number of nitrogens with zero attached hydrogens (tertiary/aromatic N) is 9. The lowest BCUT2D eigenvalue weighted by atomic mass is 9.91. The molecule has 1 atom stereocenters. The number of imidazole rings is 2. The van der Waals surface area contributed by atoms with Gasteiger partial charge in [-0.2, -0.15) is 15.2 Å². The Hall–Kier alpha value is -3.77. The molecule has 0 aliphatic carbocycles. The molecule has 0 saturated carbocycles. The SMILES string of the molecule is Cn1c(Nc2cc(C(C)(C)C)n([C@@H]3CCN(CCF)C3)n2)nc2ncc(Oc3cnn4ccnc4c3)c(Cl)c21. The third kappa shape index (κ3) is 4.78. The van der Waals surface area contributed by atoms with Crippen molar-refractivity contribution in [2.24, 2.45) is 7.05 Å². The first-order valence-electron chi connectivity index (χ1n) is 12.8. The number of alkyl halides is 1. The second kappa shape index (κ2) is 9.76. The highest BCUT2D eigenvalue weighted by Gasteiger charge is 2.30. The Bertz CT molecular complexity index is 1650. The second-order valence-electron chi connectivity index (χ2n) is 10.8. The van der Waals surface area contributed by atoms with Crippen LogP contribution in [0, 0.1) is 0 Å². The number of nitrogens with one attached hydrogen (secondary N) is 1. The molecule has 0 bridgehead atoms. The quantitative estimate of drug-likeness (QED) is 0.304. The number of aryl methyl sites for hydroxylation is 1. The standard InChI is InChI=1S/C26H30ClFN10O/c1-26(2,3)19-12-20(34-38(19)16-5-8-36(15-16)9-6-28)32-25-33-24-23(35(25)4)22(27)18(14-30-24)39-17-11-21-29-7-10-37(21)31-13-17/h7,10-14,16H,5-6,8-9,15H2,1-4H3,(H,30,32,33,34)/t16-/m1/s1. The van der Waals surface area contributed by atoms with Gasteiger partial charge in [0.15, 0.2) is 28.6 Å². The minimum Gasteiger partial charge on any atom is -0.452 e. The van der Waals surface area contributed by atoms with Gasteiger partial charge in [0.05, 0.1) is 18.4 Å². The first kappa shape index (κ1) is 25.5. The van der Waals surface area contributed by atoms with Crippen LogP contribution in [0.3, 0.4) is 0 Å². The normalized spacial score (nSPS) is 16.5. The van der Waals surface area contributed by atoms with Crippen LogP contribution in [0.4, 0.5) is 16.2 Å². The van der Waals surface area contributed by atoms with E-state index in [1.54, 1.807) is 35.4 Å². The molecule has 0 radical (unpaired) electrons. The van der Waals surface area contributed by atoms with Gasteiger partial charge in [-0.05, 0) is 6.42 Å². The van der Waals surface area contributed by atoms with Crippen molar-refractivity contribution < 1.29 is 9.13 Å². The number of hydrogen-bond donors (Lipinski definition) is 1. The van der Waals surface area contributed by atoms with Crippen molar-refractivity contribution in [3.63, 3.8) is 0 Å². The van der Waals surface area contributed by atoms with Crippen LogP contribution >= 0.6 is 11.6 Å². The van der Waals surface area contributed by atoms with Crippen molar-refractivity contribution in [3.05, 3.63) is 47.6 Å². The molecule has 5 aromatic rings. The molecule has 6 heterocycles. The van der Waals surface area contributed by atoms with Crippen molar-refractivity contribution in [2.45, 2.75) is 38.6 Å². The summed E-state index contributed by atoms with van der Waals surface area (Å²) in [6.45, 7) is 8.27. The highest BCUT2D eigenvalue weighted by atomic mass is 35.5. The number of rotatable bonds is 7. The van der Waals surface area contributed by atoms with Gasteiger partial charge in [-0.15, -0.1) is 0 Å². The number of halogens is 2. The van der Waals surface area contributed by atoms with Crippen LogP contribution in [0.25, 0.3) is 16.8 Å². The van der Waals surface area contributed by atoms with E-state index >= 15 is 0 Å². The first-order chi connectivity index (χ1) is 18.7. The number of aromatic nitrogens is 8. The minimum atomic E-state index is -0.336. The predicted octanol–water partition coefficient (Wildman–Crippen LogP) is 4.91. The first-order valence-corrected chi connectivity index (χ1v) is 13.2. The van der Waals surface area contributed by atoms with Gasteiger partial charge in [0.2, 0.25) is 5.95 Å². The van der Waals surface area contributed by atoms with E-state index in [0.717, 1.165) is 25.2 Å². The summed E-state index contributed by atoms with van der Waals surface area (Å²) in [5, 5.41) is 12.9. The van der Waals surface area contributed by atoms with E-state index in [0.29, 0.717) is 51.6 Å². The molecule has 0 spiro atoms. The van der Waals surface area contributed by atoms with Crippen molar-refractivity contribution >= 4 is 40.2 Å². The zero-order valence-corrected chi connectivity index (χ0v) is 23.0. The summed E-state index contributed by atoms with van der Waals surface area (Å²) < 4.78 is 24.5. The average Bonchev–Trinajstić information content (AvgIpc) is 3.67. The Labute approximate surface area is 229 Å². The summed E-state index contributed by atoms with van der Waals surface area (Å²) in [4.78, 5) is 15.5. The third-order valence-corrected chi connectivity index (χ3v) is 7.37. The maximum atomic E-state index is 12.9. The van der Waals surface area contributed by atoms with Gasteiger partial charge in [0, 0.05) is 62.3 Å². The fraction of sp³-hybridized carbons (Fsp3) is 0.423. The van der Waals surface area contributed by atoms with Crippen molar-refractivity contribution in [2.75, 3.05) is 31.6 Å². The largest absolute Gasteiger partial charge is 0.452 e. The number of fused-ring (bicyclic) bond motifs is 2. The predicted molar refractivity (Wildman–Crippen MR) is 147 cm³/mol. The zero-order chi connectivity index (χ0) is 27.3. The van der Waals surface area contributed by atoms with Crippen molar-refractivity contribution in [1.82, 2.24) is 43.8 Å². The van der Waals surface area contributed by atoms with Gasteiger partial charge in [-0.25, -0.2) is 18.9 Å². The van der Waals surface area contributed by atoms with E-state index in [1.165, 1.54) is 0 Å². The van der Waals surface area contributed by atoms with E-state index in [-0.39, 0.29) is 18.1 Å². The smallest absolute Gasteiger partial charge is 0.210 e. The molecule has 204 valence electrons. The van der Waals surface area contributed by atoms with Gasteiger partial charge < -0.3 is 14.6 Å². The third-order valence-electron chi connectivity index (χ3n) is 7.00. The van der Waals surface area contributed by atoms with E-state index in [1.807, 2.05) is 11.6 Å². The molecule has 39 heavy (non-hydrogen) atoms. The summed E-state index contributed by atoms with van der Waals surface area (Å²) >= 11 is 6.78. The lowest BCUT2D eigenvalue weighted by Gasteiger charge is -2.23. The van der Waals surface area contributed by atoms with Crippen LogP contribution in [0.15, 0.2) is 36.9 Å². The Balaban J connectivity index is 1.29. The molecule has 1 aliphatic heterocycles. The van der Waals surface area contributed by atoms with Crippen molar-refractivity contribution in [3.8, 4) is 11.5 Å². The molecule has 5 aromatic heterocycles. The summed E-state index contributed by atoms with van der Waals surface area (Å²) in [5.74, 6) is 2.10. The Morgan fingerprint density at radius 1 is 1.21 bits per heavy atom. The molecule has 0 amide bonds. The maximum absolute atomic E-state index is 12.9. The molecular weight excluding hydrogens is 523 g/mol. The molecule has 0 aromatic carbocycles. The van der Waals surface area contributed by atoms with Gasteiger partial charge >= 0.3 is 0 Å². The summed E-state index contributed by atoms with van der Waals surface area (Å²) in [6, 6.07) is 4.02. The van der Waals surface area contributed by atoms with Crippen LogP contribution in [0.1, 0.15) is 38.9 Å². The van der Waals surface area contributed by atoms with Crippen LogP contribution in [-0.4, -0.2) is 70.1 Å². The molecule has 1 saturated heterocycles. The maximum Gasteiger partial charge on any atom is 0.210 e. The number of hydrogen-bond acceptors (Lipinski definition) is 8. The number of pyridine rings is 1. The van der Waals surface area contributed by atoms with Crippen LogP contribution in [-0.2, 0) is 12.5 Å². The zero-order valence-electron chi connectivity index (χ0n) is 22.3. The Morgan fingerprint density at radius 3 is 2.85 bits per heavy atom. The second-order valence-corrected chi connectivity index (χ2v) is 11.2. The number of anilines is 2. The van der Waals surface area contributed by atoms with E-state index in [2.05, 4.69) is 61.8 Å². The summed E-state index contributed by atoms with van der Waals surface area (Å²) in [6.07, 6.45) is 7.50. The van der Waals surface area contributed by atoms with Crippen LogP contribution in [0.5, 0.6) is 11.5 Å². The summed E-state index contributed by atoms with van der Waals surface area (Å²) in [7, 11) is 1.86. The monoisotopic (exact) mass is 552 g/mol. The highest BCUT2D eigenvalue weighted by Crippen LogP contribution is 2.36. The molecule has 13 heteroatoms. The van der Waals surface area contributed by atoms with Gasteiger partial charge in [0.25, 0.3) is 0 Å². The topological polar surface area (TPSA) is 103 Å². The van der Waals surface area contributed by atoms with Crippen LogP contribution < -0.4 is 10.1 Å². The lowest BCUT2D eigenvalue weighted by molar-refractivity contribution is 0.282. The van der Waals surface area contributed by atoms with Gasteiger partial charge in [-0.1, -0.05) is 32.4 Å². The summed E-state index contributed by atoms with van der Waals surface area (Å²) in [5.41, 5.74) is 2.74. The number of likely N-dealkylation sites (tertiary alicyclic amines) is 1. The lowest BCUT2D eigenvalue weighted by Crippen LogP contribution is -2.26. The molecule has 0 unspecified atom stereocenters. The fourth-order valence-electron chi connectivity index (χ4n) is 5.01. The molecule has 6 rings (SSSR count). The number of ether oxygens (including phenoxy) is 1. The van der Waals surface area contributed by atoms with Gasteiger partial charge in [0.1, 0.15) is 17.2 Å². The van der Waals surface area contributed by atoms with E-state index in [4.69, 9.17) is 21.4 Å². The average molecular weight is 553 g/mol. The fourth-order valence-corrected chi connectivity index (χ4v) is 5.31. The van der Waals surface area contributed by atoms with Crippen LogP contribution in [0.2, 0.25) is 5.02 Å². The van der Waals surface area contributed by atoms with Crippen molar-refractivity contribution in [1.29, 1.82) is 0 Å². The molecular formula is C26H30ClFN10O. The molecule has 1 aliphatic rings. The molecule has 11 nitrogen and oxygen atoms in total. The van der Waals surface area contributed by atoms with E-state index in [9.17, 15) is 4.39 Å². The Morgan fingerprint density at radius 2 is 2.05 bits per heavy atom. The molecule has 1 N–H and O–H groups in total.